The van der Waals surface area contributed by atoms with Crippen molar-refractivity contribution in [1.82, 2.24) is 5.43 Å². The first kappa shape index (κ1) is 15.6. The molecule has 2 heterocycles. The van der Waals surface area contributed by atoms with Gasteiger partial charge in [0.25, 0.3) is 0 Å². The summed E-state index contributed by atoms with van der Waals surface area (Å²) in [6.45, 7) is 1.87. The van der Waals surface area contributed by atoms with Gasteiger partial charge >= 0.3 is 0 Å². The largest absolute Gasteiger partial charge is 0.356 e. The van der Waals surface area contributed by atoms with Gasteiger partial charge in [-0.15, -0.1) is 0 Å². The number of hydrazine groups is 1. The van der Waals surface area contributed by atoms with Gasteiger partial charge in [0.2, 0.25) is 5.91 Å². The highest BCUT2D eigenvalue weighted by atomic mass is 35.5. The van der Waals surface area contributed by atoms with Crippen LogP contribution in [0.25, 0.3) is 0 Å². The molecule has 0 bridgehead atoms. The number of methoxy groups -OCH3 is 1. The maximum Gasteiger partial charge on any atom is 0.248 e. The molecule has 1 fully saturated rings. The monoisotopic (exact) mass is 342 g/mol. The molecule has 2 atom stereocenters. The molecule has 1 amide bonds. The lowest BCUT2D eigenvalue weighted by Gasteiger charge is -2.45. The zero-order valence-corrected chi connectivity index (χ0v) is 13.7. The van der Waals surface area contributed by atoms with Crippen molar-refractivity contribution in [3.05, 3.63) is 40.0 Å². The van der Waals surface area contributed by atoms with E-state index < -0.39 is 5.60 Å². The van der Waals surface area contributed by atoms with E-state index in [2.05, 4.69) is 5.43 Å². The van der Waals surface area contributed by atoms with Crippen LogP contribution in [0.4, 0.5) is 5.69 Å². The molecule has 118 valence electrons. The number of anilines is 1. The Kier molecular flexibility index (Phi) is 4.07. The fraction of sp³-hybridized carbons (Fsp3) is 0.400. The van der Waals surface area contributed by atoms with Crippen LogP contribution in [0, 0.1) is 0 Å². The average Bonchev–Trinajstić information content (AvgIpc) is 2.44. The van der Waals surface area contributed by atoms with Crippen molar-refractivity contribution in [1.29, 1.82) is 0 Å². The van der Waals surface area contributed by atoms with Gasteiger partial charge in [-0.1, -0.05) is 29.3 Å². The summed E-state index contributed by atoms with van der Waals surface area (Å²) < 4.78 is 11.1. The summed E-state index contributed by atoms with van der Waals surface area (Å²) in [5.74, 6) is -0.130. The molecule has 0 aromatic heterocycles. The molecule has 1 N–H and O–H groups in total. The molecule has 1 saturated heterocycles. The summed E-state index contributed by atoms with van der Waals surface area (Å²) in [5.41, 5.74) is 3.82. The summed E-state index contributed by atoms with van der Waals surface area (Å²) >= 11 is 12.0. The Morgan fingerprint density at radius 3 is 2.68 bits per heavy atom. The maximum atomic E-state index is 12.5. The van der Waals surface area contributed by atoms with Crippen molar-refractivity contribution in [3.63, 3.8) is 0 Å². The van der Waals surface area contributed by atoms with E-state index in [0.717, 1.165) is 5.70 Å². The highest BCUT2D eigenvalue weighted by Gasteiger charge is 2.44. The molecule has 2 aliphatic rings. The van der Waals surface area contributed by atoms with Crippen LogP contribution in [-0.2, 0) is 14.3 Å². The number of hydrogen-bond donors (Lipinski definition) is 1. The Labute approximate surface area is 138 Å². The Morgan fingerprint density at radius 2 is 2.05 bits per heavy atom. The molecule has 0 unspecified atom stereocenters. The SMILES string of the molecule is CO[C@@H]1CC=C2NN(c3cc(Cl)cc(Cl)c3)C(=O)C[C@]2(C)O1. The first-order valence-electron chi connectivity index (χ1n) is 6.88. The summed E-state index contributed by atoms with van der Waals surface area (Å²) in [6.07, 6.45) is 2.47. The lowest BCUT2D eigenvalue weighted by Crippen LogP contribution is -2.59. The minimum Gasteiger partial charge on any atom is -0.356 e. The van der Waals surface area contributed by atoms with Crippen LogP contribution < -0.4 is 10.4 Å². The number of halogens is 2. The van der Waals surface area contributed by atoms with E-state index in [-0.39, 0.29) is 18.6 Å². The summed E-state index contributed by atoms with van der Waals surface area (Å²) in [6, 6.07) is 4.99. The number of nitrogens with one attached hydrogen (secondary N) is 1. The molecular formula is C15H16Cl2N2O3. The number of benzene rings is 1. The van der Waals surface area contributed by atoms with Crippen LogP contribution >= 0.6 is 23.2 Å². The highest BCUT2D eigenvalue weighted by Crippen LogP contribution is 2.37. The Morgan fingerprint density at radius 1 is 1.36 bits per heavy atom. The number of nitrogens with zero attached hydrogens (tertiary/aromatic N) is 1. The molecule has 0 saturated carbocycles. The quantitative estimate of drug-likeness (QED) is 0.896. The number of carbonyl (C=O) groups excluding carboxylic acids is 1. The zero-order valence-electron chi connectivity index (χ0n) is 12.2. The lowest BCUT2D eigenvalue weighted by molar-refractivity contribution is -0.194. The molecule has 3 rings (SSSR count). The number of hydrogen-bond acceptors (Lipinski definition) is 4. The number of ether oxygens (including phenoxy) is 2. The molecule has 2 aliphatic heterocycles. The van der Waals surface area contributed by atoms with Gasteiger partial charge in [-0.2, -0.15) is 0 Å². The second-order valence-electron chi connectivity index (χ2n) is 5.51. The van der Waals surface area contributed by atoms with Crippen LogP contribution in [0.3, 0.4) is 0 Å². The van der Waals surface area contributed by atoms with E-state index in [0.29, 0.717) is 22.2 Å². The third kappa shape index (κ3) is 2.82. The van der Waals surface area contributed by atoms with Crippen molar-refractivity contribution in [2.45, 2.75) is 31.7 Å². The van der Waals surface area contributed by atoms with E-state index in [9.17, 15) is 4.79 Å². The Balaban J connectivity index is 1.91. The van der Waals surface area contributed by atoms with Gasteiger partial charge in [0.1, 0.15) is 5.60 Å². The van der Waals surface area contributed by atoms with Crippen molar-refractivity contribution in [3.8, 4) is 0 Å². The molecule has 0 aliphatic carbocycles. The van der Waals surface area contributed by atoms with Crippen molar-refractivity contribution in [2.75, 3.05) is 12.1 Å². The molecule has 7 heteroatoms. The van der Waals surface area contributed by atoms with Gasteiger partial charge in [0.05, 0.1) is 17.8 Å². The van der Waals surface area contributed by atoms with Crippen LogP contribution in [0.5, 0.6) is 0 Å². The summed E-state index contributed by atoms with van der Waals surface area (Å²) in [4.78, 5) is 12.5. The fourth-order valence-corrected chi connectivity index (χ4v) is 3.22. The van der Waals surface area contributed by atoms with Gasteiger partial charge in [0.15, 0.2) is 6.29 Å². The van der Waals surface area contributed by atoms with Gasteiger partial charge in [-0.3, -0.25) is 10.2 Å². The number of fused-ring (bicyclic) bond motifs is 1. The van der Waals surface area contributed by atoms with Crippen LogP contribution in [-0.4, -0.2) is 24.9 Å². The van der Waals surface area contributed by atoms with Crippen LogP contribution in [0.1, 0.15) is 19.8 Å². The van der Waals surface area contributed by atoms with Crippen molar-refractivity contribution < 1.29 is 14.3 Å². The third-order valence-electron chi connectivity index (χ3n) is 3.81. The first-order chi connectivity index (χ1) is 10.4. The van der Waals surface area contributed by atoms with Gasteiger partial charge in [-0.05, 0) is 25.1 Å². The van der Waals surface area contributed by atoms with E-state index in [1.807, 2.05) is 13.0 Å². The summed E-state index contributed by atoms with van der Waals surface area (Å²) in [5, 5.41) is 2.39. The lowest BCUT2D eigenvalue weighted by atomic mass is 9.92. The molecular weight excluding hydrogens is 327 g/mol. The standard InChI is InChI=1S/C15H16Cl2N2O3/c1-15-8-13(20)19(11-6-9(16)5-10(17)7-11)18-12(15)3-4-14(21-2)22-15/h3,5-7,14,18H,4,8H2,1-2H3/t14-,15-/m0/s1. The first-order valence-corrected chi connectivity index (χ1v) is 7.64. The molecule has 22 heavy (non-hydrogen) atoms. The second kappa shape index (κ2) is 5.74. The normalized spacial score (nSPS) is 28.0. The molecule has 1 aromatic rings. The zero-order chi connectivity index (χ0) is 15.9. The minimum atomic E-state index is -0.713. The Bertz CT molecular complexity index is 629. The number of rotatable bonds is 2. The highest BCUT2D eigenvalue weighted by molar-refractivity contribution is 6.35. The Hall–Kier alpha value is -1.27. The van der Waals surface area contributed by atoms with E-state index in [1.54, 1.807) is 25.3 Å². The second-order valence-corrected chi connectivity index (χ2v) is 6.39. The van der Waals surface area contributed by atoms with Gasteiger partial charge < -0.3 is 9.47 Å². The molecule has 0 spiro atoms. The van der Waals surface area contributed by atoms with Crippen LogP contribution in [0.15, 0.2) is 30.0 Å². The van der Waals surface area contributed by atoms with Gasteiger partial charge in [-0.25, -0.2) is 5.01 Å². The predicted molar refractivity (Wildman–Crippen MR) is 84.7 cm³/mol. The minimum absolute atomic E-state index is 0.130. The van der Waals surface area contributed by atoms with Crippen molar-refractivity contribution in [2.24, 2.45) is 0 Å². The topological polar surface area (TPSA) is 50.8 Å². The fourth-order valence-electron chi connectivity index (χ4n) is 2.70. The third-order valence-corrected chi connectivity index (χ3v) is 4.25. The van der Waals surface area contributed by atoms with Gasteiger partial charge in [0, 0.05) is 23.6 Å². The average molecular weight is 343 g/mol. The van der Waals surface area contributed by atoms with E-state index in [1.165, 1.54) is 5.01 Å². The molecule has 0 radical (unpaired) electrons. The van der Waals surface area contributed by atoms with Crippen LogP contribution in [0.2, 0.25) is 10.0 Å². The van der Waals surface area contributed by atoms with Crippen molar-refractivity contribution >= 4 is 34.8 Å². The number of amides is 1. The molecule has 5 nitrogen and oxygen atoms in total. The van der Waals surface area contributed by atoms with E-state index >= 15 is 0 Å². The van der Waals surface area contributed by atoms with E-state index in [4.69, 9.17) is 32.7 Å². The summed E-state index contributed by atoms with van der Waals surface area (Å²) in [7, 11) is 1.59. The smallest absolute Gasteiger partial charge is 0.248 e. The number of carbonyl (C=O) groups is 1. The predicted octanol–water partition coefficient (Wildman–Crippen LogP) is 3.27. The molecule has 1 aromatic carbocycles. The maximum absolute atomic E-state index is 12.5.